The minimum absolute atomic E-state index is 0.338. The molecule has 2 atom stereocenters. The summed E-state index contributed by atoms with van der Waals surface area (Å²) in [5.41, 5.74) is 2.87. The number of hydrogen-bond donors (Lipinski definition) is 0. The van der Waals surface area contributed by atoms with Gasteiger partial charge in [-0.2, -0.15) is 0 Å². The van der Waals surface area contributed by atoms with Gasteiger partial charge in [-0.05, 0) is 49.1 Å². The summed E-state index contributed by atoms with van der Waals surface area (Å²) in [7, 11) is 0. The third kappa shape index (κ3) is 7.94. The summed E-state index contributed by atoms with van der Waals surface area (Å²) in [5.74, 6) is 0.802. The normalized spacial score (nSPS) is 20.7. The maximum atomic E-state index is 6.21. The Morgan fingerprint density at radius 3 is 2.12 bits per heavy atom. The predicted molar refractivity (Wildman–Crippen MR) is 109 cm³/mol. The van der Waals surface area contributed by atoms with Gasteiger partial charge in [0, 0.05) is 0 Å². The second-order valence-corrected chi connectivity index (χ2v) is 8.02. The van der Waals surface area contributed by atoms with E-state index in [2.05, 4.69) is 38.1 Å². The first-order chi connectivity index (χ1) is 12.3. The SMILES string of the molecule is CCCCCCCC1CCC(c2ccc(CCCCCC)cc2)OC1. The molecule has 2 rings (SSSR count). The molecule has 2 unspecified atom stereocenters. The molecule has 0 saturated carbocycles. The van der Waals surface area contributed by atoms with E-state index in [0.29, 0.717) is 6.10 Å². The molecule has 1 aromatic carbocycles. The van der Waals surface area contributed by atoms with Crippen molar-refractivity contribution in [2.24, 2.45) is 5.92 Å². The first kappa shape index (κ1) is 20.5. The van der Waals surface area contributed by atoms with Crippen molar-refractivity contribution in [2.75, 3.05) is 6.61 Å². The van der Waals surface area contributed by atoms with Crippen molar-refractivity contribution in [1.82, 2.24) is 0 Å². The predicted octanol–water partition coefficient (Wildman–Crippen LogP) is 7.64. The van der Waals surface area contributed by atoms with Crippen molar-refractivity contribution in [3.8, 4) is 0 Å². The van der Waals surface area contributed by atoms with Gasteiger partial charge in [-0.25, -0.2) is 0 Å². The van der Waals surface area contributed by atoms with E-state index < -0.39 is 0 Å². The van der Waals surface area contributed by atoms with E-state index >= 15 is 0 Å². The number of benzene rings is 1. The number of ether oxygens (including phenoxy) is 1. The third-order valence-electron chi connectivity index (χ3n) is 5.76. The second kappa shape index (κ2) is 12.5. The zero-order chi connectivity index (χ0) is 17.7. The van der Waals surface area contributed by atoms with E-state index in [1.165, 1.54) is 94.6 Å². The van der Waals surface area contributed by atoms with Gasteiger partial charge < -0.3 is 4.74 Å². The molecule has 0 radical (unpaired) electrons. The third-order valence-corrected chi connectivity index (χ3v) is 5.76. The highest BCUT2D eigenvalue weighted by atomic mass is 16.5. The molecule has 1 heterocycles. The fraction of sp³-hybridized carbons (Fsp3) is 0.750. The van der Waals surface area contributed by atoms with E-state index in [1.54, 1.807) is 0 Å². The molecule has 0 spiro atoms. The van der Waals surface area contributed by atoms with E-state index in [4.69, 9.17) is 4.74 Å². The van der Waals surface area contributed by atoms with Crippen molar-refractivity contribution < 1.29 is 4.74 Å². The Kier molecular flexibility index (Phi) is 10.3. The molecule has 1 heteroatoms. The van der Waals surface area contributed by atoms with E-state index in [1.807, 2.05) is 0 Å². The topological polar surface area (TPSA) is 9.23 Å². The zero-order valence-corrected chi connectivity index (χ0v) is 16.8. The fourth-order valence-corrected chi connectivity index (χ4v) is 3.99. The van der Waals surface area contributed by atoms with Crippen LogP contribution in [0.4, 0.5) is 0 Å². The maximum Gasteiger partial charge on any atom is 0.0825 e. The summed E-state index contributed by atoms with van der Waals surface area (Å²) in [4.78, 5) is 0. The van der Waals surface area contributed by atoms with Crippen LogP contribution in [0.15, 0.2) is 24.3 Å². The van der Waals surface area contributed by atoms with Gasteiger partial charge in [0.25, 0.3) is 0 Å². The van der Waals surface area contributed by atoms with Crippen LogP contribution in [0, 0.1) is 5.92 Å². The van der Waals surface area contributed by atoms with Crippen molar-refractivity contribution in [3.63, 3.8) is 0 Å². The lowest BCUT2D eigenvalue weighted by Crippen LogP contribution is -2.20. The minimum Gasteiger partial charge on any atom is -0.373 e. The number of aryl methyl sites for hydroxylation is 1. The Morgan fingerprint density at radius 1 is 0.800 bits per heavy atom. The summed E-state index contributed by atoms with van der Waals surface area (Å²) in [5, 5.41) is 0. The van der Waals surface area contributed by atoms with Crippen molar-refractivity contribution in [3.05, 3.63) is 35.4 Å². The lowest BCUT2D eigenvalue weighted by atomic mass is 9.90. The highest BCUT2D eigenvalue weighted by molar-refractivity contribution is 5.24. The summed E-state index contributed by atoms with van der Waals surface area (Å²) < 4.78 is 6.21. The van der Waals surface area contributed by atoms with Crippen molar-refractivity contribution >= 4 is 0 Å². The highest BCUT2D eigenvalue weighted by Gasteiger charge is 2.22. The van der Waals surface area contributed by atoms with Crippen LogP contribution in [0.25, 0.3) is 0 Å². The van der Waals surface area contributed by atoms with Crippen LogP contribution in [0.2, 0.25) is 0 Å². The van der Waals surface area contributed by atoms with Crippen LogP contribution in [0.1, 0.15) is 108 Å². The highest BCUT2D eigenvalue weighted by Crippen LogP contribution is 2.33. The van der Waals surface area contributed by atoms with Gasteiger partial charge in [-0.3, -0.25) is 0 Å². The number of unbranched alkanes of at least 4 members (excludes halogenated alkanes) is 7. The first-order valence-electron chi connectivity index (χ1n) is 11.0. The zero-order valence-electron chi connectivity index (χ0n) is 16.8. The lowest BCUT2D eigenvalue weighted by molar-refractivity contribution is -0.0199. The Balaban J connectivity index is 1.64. The van der Waals surface area contributed by atoms with E-state index in [0.717, 1.165) is 12.5 Å². The fourth-order valence-electron chi connectivity index (χ4n) is 3.99. The molecule has 1 nitrogen and oxygen atoms in total. The molecule has 1 aromatic rings. The second-order valence-electron chi connectivity index (χ2n) is 8.02. The molecule has 25 heavy (non-hydrogen) atoms. The van der Waals surface area contributed by atoms with Crippen LogP contribution >= 0.6 is 0 Å². The quantitative estimate of drug-likeness (QED) is 0.354. The van der Waals surface area contributed by atoms with Gasteiger partial charge in [-0.1, -0.05) is 89.5 Å². The Labute approximate surface area is 156 Å². The molecule has 1 saturated heterocycles. The minimum atomic E-state index is 0.338. The van der Waals surface area contributed by atoms with Gasteiger partial charge in [0.05, 0.1) is 12.7 Å². The van der Waals surface area contributed by atoms with Crippen molar-refractivity contribution in [1.29, 1.82) is 0 Å². The molecular weight excluding hydrogens is 304 g/mol. The lowest BCUT2D eigenvalue weighted by Gasteiger charge is -2.29. The molecule has 1 aliphatic heterocycles. The summed E-state index contributed by atoms with van der Waals surface area (Å²) >= 11 is 0. The molecule has 0 bridgehead atoms. The average molecular weight is 345 g/mol. The van der Waals surface area contributed by atoms with E-state index in [-0.39, 0.29) is 0 Å². The molecule has 0 N–H and O–H groups in total. The van der Waals surface area contributed by atoms with Crippen LogP contribution in [-0.4, -0.2) is 6.61 Å². The van der Waals surface area contributed by atoms with Gasteiger partial charge in [-0.15, -0.1) is 0 Å². The van der Waals surface area contributed by atoms with Gasteiger partial charge in [0.2, 0.25) is 0 Å². The van der Waals surface area contributed by atoms with Gasteiger partial charge in [0.15, 0.2) is 0 Å². The number of hydrogen-bond acceptors (Lipinski definition) is 1. The molecule has 1 aliphatic rings. The molecule has 0 amide bonds. The Hall–Kier alpha value is -0.820. The standard InChI is InChI=1S/C24H40O/c1-3-5-7-9-11-13-22-16-19-24(25-20-22)23-17-14-21(15-18-23)12-10-8-6-4-2/h14-15,17-18,22,24H,3-13,16,19-20H2,1-2H3. The van der Waals surface area contributed by atoms with Gasteiger partial charge >= 0.3 is 0 Å². The summed E-state index contributed by atoms with van der Waals surface area (Å²) in [6, 6.07) is 9.27. The van der Waals surface area contributed by atoms with Crippen LogP contribution < -0.4 is 0 Å². The average Bonchev–Trinajstić information content (AvgIpc) is 2.66. The number of rotatable bonds is 12. The maximum absolute atomic E-state index is 6.21. The van der Waals surface area contributed by atoms with Crippen LogP contribution in [0.5, 0.6) is 0 Å². The smallest absolute Gasteiger partial charge is 0.0825 e. The summed E-state index contributed by atoms with van der Waals surface area (Å²) in [6.07, 6.45) is 17.8. The van der Waals surface area contributed by atoms with E-state index in [9.17, 15) is 0 Å². The van der Waals surface area contributed by atoms with Crippen LogP contribution in [-0.2, 0) is 11.2 Å². The largest absolute Gasteiger partial charge is 0.373 e. The van der Waals surface area contributed by atoms with Gasteiger partial charge in [0.1, 0.15) is 0 Å². The first-order valence-corrected chi connectivity index (χ1v) is 11.0. The van der Waals surface area contributed by atoms with Crippen molar-refractivity contribution in [2.45, 2.75) is 103 Å². The Bertz CT molecular complexity index is 428. The molecule has 142 valence electrons. The summed E-state index contributed by atoms with van der Waals surface area (Å²) in [6.45, 7) is 5.53. The monoisotopic (exact) mass is 344 g/mol. The molecule has 1 fully saturated rings. The molecule has 0 aliphatic carbocycles. The Morgan fingerprint density at radius 2 is 1.48 bits per heavy atom. The van der Waals surface area contributed by atoms with Crippen LogP contribution in [0.3, 0.4) is 0 Å². The molecule has 0 aromatic heterocycles. The molecular formula is C24H40O.